The Morgan fingerprint density at radius 2 is 2.00 bits per heavy atom. The van der Waals surface area contributed by atoms with E-state index >= 15 is 0 Å². The van der Waals surface area contributed by atoms with Gasteiger partial charge in [0.25, 0.3) is 0 Å². The van der Waals surface area contributed by atoms with E-state index in [0.29, 0.717) is 23.9 Å². The summed E-state index contributed by atoms with van der Waals surface area (Å²) in [5, 5.41) is 8.94. The molecule has 31 heavy (non-hydrogen) atoms. The van der Waals surface area contributed by atoms with Crippen molar-refractivity contribution in [3.05, 3.63) is 35.0 Å². The predicted molar refractivity (Wildman–Crippen MR) is 122 cm³/mol. The summed E-state index contributed by atoms with van der Waals surface area (Å²) < 4.78 is 12.8. The van der Waals surface area contributed by atoms with E-state index in [1.54, 1.807) is 26.0 Å². The second-order valence-electron chi connectivity index (χ2n) is 8.84. The number of hydrogen-bond donors (Lipinski definition) is 1. The fraction of sp³-hybridized carbons (Fsp3) is 0.522. The topological polar surface area (TPSA) is 78.3 Å². The molecule has 1 atom stereocenters. The lowest BCUT2D eigenvalue weighted by atomic mass is 9.73. The van der Waals surface area contributed by atoms with Crippen LogP contribution in [0, 0.1) is 5.41 Å². The van der Waals surface area contributed by atoms with E-state index in [1.165, 1.54) is 0 Å². The first-order chi connectivity index (χ1) is 14.9. The Bertz CT molecular complexity index is 1030. The lowest BCUT2D eigenvalue weighted by Crippen LogP contribution is -2.36. The molecular weight excluding hydrogens is 412 g/mol. The molecule has 8 heteroatoms. The van der Waals surface area contributed by atoms with Crippen LogP contribution in [0.4, 0.5) is 5.95 Å². The number of benzene rings is 1. The van der Waals surface area contributed by atoms with Crippen molar-refractivity contribution in [1.82, 2.24) is 14.8 Å². The van der Waals surface area contributed by atoms with E-state index in [1.807, 2.05) is 22.9 Å². The molecule has 0 unspecified atom stereocenters. The largest absolute Gasteiger partial charge is 0.493 e. The average molecular weight is 443 g/mol. The lowest BCUT2D eigenvalue weighted by molar-refractivity contribution is -0.118. The number of carbonyl (C=O) groups excluding carboxylic acids is 1. The van der Waals surface area contributed by atoms with E-state index < -0.39 is 0 Å². The van der Waals surface area contributed by atoms with E-state index in [9.17, 15) is 4.79 Å². The van der Waals surface area contributed by atoms with Crippen molar-refractivity contribution < 1.29 is 14.3 Å². The lowest BCUT2D eigenvalue weighted by Gasteiger charge is -2.38. The zero-order valence-electron chi connectivity index (χ0n) is 18.8. The summed E-state index contributed by atoms with van der Waals surface area (Å²) in [6.45, 7) is 6.44. The minimum absolute atomic E-state index is 0.0913. The van der Waals surface area contributed by atoms with Crippen LogP contribution in [-0.2, 0) is 4.79 Å². The molecule has 2 heterocycles. The third kappa shape index (κ3) is 4.18. The summed E-state index contributed by atoms with van der Waals surface area (Å²) in [4.78, 5) is 18.1. The highest BCUT2D eigenvalue weighted by Crippen LogP contribution is 2.46. The smallest absolute Gasteiger partial charge is 0.227 e. The van der Waals surface area contributed by atoms with Gasteiger partial charge in [0.15, 0.2) is 17.3 Å². The molecule has 4 rings (SSSR count). The van der Waals surface area contributed by atoms with E-state index in [2.05, 4.69) is 26.1 Å². The first kappa shape index (κ1) is 21.7. The van der Waals surface area contributed by atoms with Gasteiger partial charge in [-0.25, -0.2) is 4.68 Å². The minimum Gasteiger partial charge on any atom is -0.493 e. The molecule has 0 bridgehead atoms. The molecule has 1 aliphatic heterocycles. The van der Waals surface area contributed by atoms with E-state index in [0.717, 1.165) is 47.0 Å². The number of ketones is 1. The van der Waals surface area contributed by atoms with Crippen molar-refractivity contribution in [3.63, 3.8) is 0 Å². The van der Waals surface area contributed by atoms with Crippen molar-refractivity contribution in [2.24, 2.45) is 5.41 Å². The Labute approximate surface area is 187 Å². The maximum atomic E-state index is 13.3. The van der Waals surface area contributed by atoms with Crippen LogP contribution < -0.4 is 14.8 Å². The number of anilines is 1. The second-order valence-corrected chi connectivity index (χ2v) is 9.90. The molecule has 0 amide bonds. The predicted octanol–water partition coefficient (Wildman–Crippen LogP) is 4.85. The Morgan fingerprint density at radius 3 is 2.71 bits per heavy atom. The quantitative estimate of drug-likeness (QED) is 0.485. The molecule has 0 spiro atoms. The Balaban J connectivity index is 1.82. The van der Waals surface area contributed by atoms with Gasteiger partial charge in [0, 0.05) is 23.4 Å². The van der Waals surface area contributed by atoms with Crippen LogP contribution in [0.3, 0.4) is 0 Å². The summed E-state index contributed by atoms with van der Waals surface area (Å²) >= 11 is 1.65. The van der Waals surface area contributed by atoms with Crippen molar-refractivity contribution in [2.75, 3.05) is 25.3 Å². The number of Topliss-reactive ketones (excluding diaryl/α,β-unsaturated/α-hetero) is 1. The number of nitrogens with zero attached hydrogens (tertiary/aromatic N) is 3. The van der Waals surface area contributed by atoms with E-state index in [-0.39, 0.29) is 17.2 Å². The van der Waals surface area contributed by atoms with Gasteiger partial charge in [-0.15, -0.1) is 5.10 Å². The maximum absolute atomic E-state index is 13.3. The SMILES string of the molecule is CCCCSc1nc2n(n1)[C@H](c1ccc(OC)c(OC)c1)C1=C(CC(C)(C)CC1=O)N2. The van der Waals surface area contributed by atoms with Crippen LogP contribution >= 0.6 is 11.8 Å². The third-order valence-corrected chi connectivity index (χ3v) is 6.69. The van der Waals surface area contributed by atoms with Gasteiger partial charge >= 0.3 is 0 Å². The number of fused-ring (bicyclic) bond motifs is 1. The summed E-state index contributed by atoms with van der Waals surface area (Å²) in [6, 6.07) is 5.44. The van der Waals surface area contributed by atoms with Crippen LogP contribution in [0.5, 0.6) is 11.5 Å². The molecule has 7 nitrogen and oxygen atoms in total. The number of rotatable bonds is 7. The molecule has 1 aliphatic carbocycles. The van der Waals surface area contributed by atoms with Gasteiger partial charge in [-0.1, -0.05) is 45.0 Å². The standard InChI is InChI=1S/C23H30N4O3S/c1-6-7-10-31-22-25-21-24-15-12-23(2,3)13-16(28)19(15)20(27(21)26-22)14-8-9-17(29-4)18(11-14)30-5/h8-9,11,20H,6-7,10,12-13H2,1-5H3,(H,24,25,26)/t20-/m1/s1. The first-order valence-electron chi connectivity index (χ1n) is 10.7. The van der Waals surface area contributed by atoms with Crippen LogP contribution in [0.1, 0.15) is 58.1 Å². The molecule has 1 aromatic carbocycles. The number of ether oxygens (including phenoxy) is 2. The molecule has 2 aromatic rings. The van der Waals surface area contributed by atoms with Gasteiger partial charge in [-0.05, 0) is 36.0 Å². The zero-order valence-corrected chi connectivity index (χ0v) is 19.6. The molecule has 2 aliphatic rings. The number of aromatic nitrogens is 3. The monoisotopic (exact) mass is 442 g/mol. The Hall–Kier alpha value is -2.48. The highest BCUT2D eigenvalue weighted by atomic mass is 32.2. The number of nitrogens with one attached hydrogen (secondary N) is 1. The fourth-order valence-electron chi connectivity index (χ4n) is 4.29. The normalized spacial score (nSPS) is 19.5. The molecular formula is C23H30N4O3S. The van der Waals surface area contributed by atoms with Gasteiger partial charge in [0.1, 0.15) is 6.04 Å². The highest BCUT2D eigenvalue weighted by molar-refractivity contribution is 7.99. The van der Waals surface area contributed by atoms with Crippen LogP contribution in [0.2, 0.25) is 0 Å². The fourth-order valence-corrected chi connectivity index (χ4v) is 5.20. The maximum Gasteiger partial charge on any atom is 0.227 e. The number of hydrogen-bond acceptors (Lipinski definition) is 7. The number of allylic oxidation sites excluding steroid dienone is 2. The van der Waals surface area contributed by atoms with Crippen LogP contribution in [0.15, 0.2) is 34.6 Å². The number of unbranched alkanes of at least 4 members (excludes halogenated alkanes) is 1. The summed E-state index contributed by atoms with van der Waals surface area (Å²) in [7, 11) is 3.23. The van der Waals surface area contributed by atoms with Gasteiger partial charge in [-0.3, -0.25) is 4.79 Å². The minimum atomic E-state index is -0.345. The van der Waals surface area contributed by atoms with Gasteiger partial charge in [0.05, 0.1) is 14.2 Å². The second kappa shape index (κ2) is 8.57. The highest BCUT2D eigenvalue weighted by Gasteiger charge is 2.42. The van der Waals surface area contributed by atoms with Gasteiger partial charge in [0.2, 0.25) is 11.1 Å². The van der Waals surface area contributed by atoms with Crippen molar-refractivity contribution in [3.8, 4) is 11.5 Å². The Morgan fingerprint density at radius 1 is 1.23 bits per heavy atom. The third-order valence-electron chi connectivity index (χ3n) is 5.76. The molecule has 0 saturated heterocycles. The number of carbonyl (C=O) groups is 1. The molecule has 0 saturated carbocycles. The molecule has 166 valence electrons. The molecule has 0 radical (unpaired) electrons. The zero-order chi connectivity index (χ0) is 22.2. The Kier molecular flexibility index (Phi) is 6.01. The summed E-state index contributed by atoms with van der Waals surface area (Å²) in [6.07, 6.45) is 3.55. The molecule has 1 N–H and O–H groups in total. The number of methoxy groups -OCH3 is 2. The molecule has 1 aromatic heterocycles. The van der Waals surface area contributed by atoms with Gasteiger partial charge < -0.3 is 14.8 Å². The van der Waals surface area contributed by atoms with Crippen molar-refractivity contribution in [1.29, 1.82) is 0 Å². The average Bonchev–Trinajstić information content (AvgIpc) is 3.13. The van der Waals surface area contributed by atoms with Gasteiger partial charge in [-0.2, -0.15) is 4.98 Å². The number of thioether (sulfide) groups is 1. The molecule has 0 fully saturated rings. The van der Waals surface area contributed by atoms with Crippen molar-refractivity contribution >= 4 is 23.5 Å². The van der Waals surface area contributed by atoms with E-state index in [4.69, 9.17) is 19.6 Å². The van der Waals surface area contributed by atoms with Crippen molar-refractivity contribution in [2.45, 2.75) is 57.7 Å². The summed E-state index contributed by atoms with van der Waals surface area (Å²) in [5.41, 5.74) is 2.56. The summed E-state index contributed by atoms with van der Waals surface area (Å²) in [5.74, 6) is 3.09. The first-order valence-corrected chi connectivity index (χ1v) is 11.7. The van der Waals surface area contributed by atoms with Crippen LogP contribution in [-0.4, -0.2) is 40.5 Å². The van der Waals surface area contributed by atoms with Crippen LogP contribution in [0.25, 0.3) is 0 Å².